The molecule has 5 nitrogen and oxygen atoms in total. The van der Waals surface area contributed by atoms with Crippen molar-refractivity contribution in [3.8, 4) is 5.75 Å². The lowest BCUT2D eigenvalue weighted by atomic mass is 9.87. The Bertz CT molecular complexity index is 1310. The van der Waals surface area contributed by atoms with Crippen LogP contribution in [0.5, 0.6) is 5.75 Å². The number of carbonyl (C=O) groups excluding carboxylic acids is 1. The van der Waals surface area contributed by atoms with Gasteiger partial charge >= 0.3 is 0 Å². The number of hydrogen-bond acceptors (Lipinski definition) is 3. The van der Waals surface area contributed by atoms with E-state index in [1.165, 1.54) is 17.7 Å². The number of benzene rings is 3. The first kappa shape index (κ1) is 21.0. The highest BCUT2D eigenvalue weighted by Gasteiger charge is 2.20. The second kappa shape index (κ2) is 9.33. The maximum absolute atomic E-state index is 12.8. The van der Waals surface area contributed by atoms with Crippen molar-refractivity contribution in [3.63, 3.8) is 0 Å². The summed E-state index contributed by atoms with van der Waals surface area (Å²) in [7, 11) is 0. The highest BCUT2D eigenvalue weighted by atomic mass is 16.5. The second-order valence-electron chi connectivity index (χ2n) is 8.70. The van der Waals surface area contributed by atoms with Crippen molar-refractivity contribution in [1.82, 2.24) is 10.4 Å². The molecule has 0 saturated heterocycles. The van der Waals surface area contributed by atoms with Crippen molar-refractivity contribution in [1.29, 1.82) is 0 Å². The molecule has 0 aliphatic heterocycles. The number of hydrazone groups is 1. The Balaban J connectivity index is 1.28. The quantitative estimate of drug-likeness (QED) is 0.303. The first-order valence-electron chi connectivity index (χ1n) is 11.4. The highest BCUT2D eigenvalue weighted by molar-refractivity contribution is 5.99. The number of para-hydroxylation sites is 1. The van der Waals surface area contributed by atoms with Gasteiger partial charge in [-0.25, -0.2) is 5.43 Å². The topological polar surface area (TPSA) is 66.5 Å². The zero-order valence-corrected chi connectivity index (χ0v) is 18.7. The van der Waals surface area contributed by atoms with Crippen molar-refractivity contribution in [2.24, 2.45) is 11.0 Å². The van der Waals surface area contributed by atoms with Crippen LogP contribution in [-0.2, 0) is 19.4 Å². The fourth-order valence-electron chi connectivity index (χ4n) is 4.41. The van der Waals surface area contributed by atoms with Gasteiger partial charge in [-0.2, -0.15) is 5.10 Å². The maximum atomic E-state index is 12.8. The molecule has 0 fully saturated rings. The van der Waals surface area contributed by atoms with Crippen LogP contribution in [0, 0.1) is 5.92 Å². The van der Waals surface area contributed by atoms with Gasteiger partial charge in [0.2, 0.25) is 0 Å². The Morgan fingerprint density at radius 3 is 2.82 bits per heavy atom. The molecule has 5 heteroatoms. The van der Waals surface area contributed by atoms with Gasteiger partial charge in [-0.1, -0.05) is 49.4 Å². The summed E-state index contributed by atoms with van der Waals surface area (Å²) in [5.41, 5.74) is 8.92. The summed E-state index contributed by atoms with van der Waals surface area (Å²) in [5.74, 6) is 1.16. The summed E-state index contributed by atoms with van der Waals surface area (Å²) in [4.78, 5) is 16.3. The van der Waals surface area contributed by atoms with Crippen molar-refractivity contribution in [2.75, 3.05) is 0 Å². The van der Waals surface area contributed by atoms with Gasteiger partial charge in [-0.05, 0) is 66.6 Å². The summed E-state index contributed by atoms with van der Waals surface area (Å²) in [5, 5.41) is 5.33. The van der Waals surface area contributed by atoms with E-state index in [9.17, 15) is 4.79 Å². The van der Waals surface area contributed by atoms with Crippen LogP contribution < -0.4 is 10.2 Å². The Hall–Kier alpha value is -3.86. The standard InChI is InChI=1S/C28H27N3O2/c1-19-11-13-25-23(15-19)24-16-21(12-14-26(24)30-25)28(32)31-29-17-22-9-5-6-10-27(22)33-18-20-7-3-2-4-8-20/h2-10,12,14,16-17,19,30H,11,13,15,18H2,1H3,(H,31,32)/b29-17-. The lowest BCUT2D eigenvalue weighted by molar-refractivity contribution is 0.0955. The lowest BCUT2D eigenvalue weighted by Crippen LogP contribution is -2.17. The molecule has 3 aromatic carbocycles. The predicted octanol–water partition coefficient (Wildman–Crippen LogP) is 5.64. The number of amides is 1. The molecular weight excluding hydrogens is 410 g/mol. The number of nitrogens with zero attached hydrogens (tertiary/aromatic N) is 1. The smallest absolute Gasteiger partial charge is 0.271 e. The van der Waals surface area contributed by atoms with E-state index >= 15 is 0 Å². The fraction of sp³-hybridized carbons (Fsp3) is 0.214. The largest absolute Gasteiger partial charge is 0.488 e. The van der Waals surface area contributed by atoms with Crippen molar-refractivity contribution in [2.45, 2.75) is 32.8 Å². The number of aryl methyl sites for hydroxylation is 1. The number of carbonyl (C=O) groups is 1. The number of ether oxygens (including phenoxy) is 1. The molecule has 0 spiro atoms. The number of aromatic amines is 1. The van der Waals surface area contributed by atoms with E-state index in [0.717, 1.165) is 34.9 Å². The predicted molar refractivity (Wildman–Crippen MR) is 132 cm³/mol. The number of hydrogen-bond donors (Lipinski definition) is 2. The number of nitrogens with one attached hydrogen (secondary N) is 2. The second-order valence-corrected chi connectivity index (χ2v) is 8.70. The first-order valence-corrected chi connectivity index (χ1v) is 11.4. The molecule has 1 atom stereocenters. The number of H-pyrrole nitrogens is 1. The summed E-state index contributed by atoms with van der Waals surface area (Å²) < 4.78 is 5.96. The summed E-state index contributed by atoms with van der Waals surface area (Å²) >= 11 is 0. The van der Waals surface area contributed by atoms with Gasteiger partial charge in [-0.3, -0.25) is 4.79 Å². The molecule has 2 N–H and O–H groups in total. The van der Waals surface area contributed by atoms with E-state index < -0.39 is 0 Å². The molecule has 5 rings (SSSR count). The van der Waals surface area contributed by atoms with Gasteiger partial charge in [0, 0.05) is 27.7 Å². The number of aromatic nitrogens is 1. The molecule has 0 radical (unpaired) electrons. The maximum Gasteiger partial charge on any atom is 0.271 e. The summed E-state index contributed by atoms with van der Waals surface area (Å²) in [6.45, 7) is 2.76. The summed E-state index contributed by atoms with van der Waals surface area (Å²) in [6, 6.07) is 23.5. The average Bonchev–Trinajstić information content (AvgIpc) is 3.21. The van der Waals surface area contributed by atoms with Crippen molar-refractivity contribution < 1.29 is 9.53 Å². The average molecular weight is 438 g/mol. The van der Waals surface area contributed by atoms with Crippen LogP contribution in [-0.4, -0.2) is 17.1 Å². The zero-order valence-electron chi connectivity index (χ0n) is 18.7. The molecule has 0 bridgehead atoms. The van der Waals surface area contributed by atoms with Crippen molar-refractivity contribution in [3.05, 3.63) is 101 Å². The van der Waals surface area contributed by atoms with Crippen LogP contribution in [0.25, 0.3) is 10.9 Å². The van der Waals surface area contributed by atoms with E-state index in [1.807, 2.05) is 72.8 Å². The van der Waals surface area contributed by atoms with Gasteiger partial charge in [0.1, 0.15) is 12.4 Å². The van der Waals surface area contributed by atoms with E-state index in [0.29, 0.717) is 23.8 Å². The monoisotopic (exact) mass is 437 g/mol. The molecule has 1 amide bonds. The SMILES string of the molecule is CC1CCc2[nH]c3ccc(C(=O)N/N=C\c4ccccc4OCc4ccccc4)cc3c2C1. The molecule has 1 aliphatic rings. The van der Waals surface area contributed by atoms with Crippen LogP contribution in [0.1, 0.15) is 46.1 Å². The normalized spacial score (nSPS) is 15.5. The van der Waals surface area contributed by atoms with Gasteiger partial charge < -0.3 is 9.72 Å². The Labute approximate surface area is 193 Å². The van der Waals surface area contributed by atoms with E-state index in [1.54, 1.807) is 6.21 Å². The molecule has 166 valence electrons. The van der Waals surface area contributed by atoms with Crippen LogP contribution in [0.4, 0.5) is 0 Å². The molecular formula is C28H27N3O2. The molecule has 0 saturated carbocycles. The third-order valence-corrected chi connectivity index (χ3v) is 6.22. The highest BCUT2D eigenvalue weighted by Crippen LogP contribution is 2.32. The lowest BCUT2D eigenvalue weighted by Gasteiger charge is -2.18. The third-order valence-electron chi connectivity index (χ3n) is 6.22. The van der Waals surface area contributed by atoms with Crippen LogP contribution >= 0.6 is 0 Å². The molecule has 1 heterocycles. The van der Waals surface area contributed by atoms with Gasteiger partial charge in [-0.15, -0.1) is 0 Å². The first-order chi connectivity index (χ1) is 16.2. The third kappa shape index (κ3) is 4.67. The van der Waals surface area contributed by atoms with Crippen LogP contribution in [0.3, 0.4) is 0 Å². The Morgan fingerprint density at radius 1 is 1.12 bits per heavy atom. The van der Waals surface area contributed by atoms with Crippen LogP contribution in [0.2, 0.25) is 0 Å². The minimum Gasteiger partial charge on any atom is -0.488 e. The minimum absolute atomic E-state index is 0.227. The number of fused-ring (bicyclic) bond motifs is 3. The summed E-state index contributed by atoms with van der Waals surface area (Å²) in [6.07, 6.45) is 4.95. The van der Waals surface area contributed by atoms with Crippen molar-refractivity contribution >= 4 is 23.0 Å². The van der Waals surface area contributed by atoms with Gasteiger partial charge in [0.25, 0.3) is 5.91 Å². The van der Waals surface area contributed by atoms with E-state index in [2.05, 4.69) is 22.4 Å². The Kier molecular flexibility index (Phi) is 5.94. The zero-order chi connectivity index (χ0) is 22.6. The Morgan fingerprint density at radius 2 is 1.94 bits per heavy atom. The molecule has 33 heavy (non-hydrogen) atoms. The number of rotatable bonds is 6. The molecule has 1 aliphatic carbocycles. The van der Waals surface area contributed by atoms with Gasteiger partial charge in [0.15, 0.2) is 0 Å². The minimum atomic E-state index is -0.227. The van der Waals surface area contributed by atoms with Gasteiger partial charge in [0.05, 0.1) is 6.21 Å². The molecule has 4 aromatic rings. The fourth-order valence-corrected chi connectivity index (χ4v) is 4.41. The van der Waals surface area contributed by atoms with E-state index in [-0.39, 0.29) is 5.91 Å². The molecule has 1 unspecified atom stereocenters. The van der Waals surface area contributed by atoms with Crippen LogP contribution in [0.15, 0.2) is 77.9 Å². The van der Waals surface area contributed by atoms with E-state index in [4.69, 9.17) is 4.74 Å². The molecule has 1 aromatic heterocycles.